The molecule has 1 unspecified atom stereocenters. The van der Waals surface area contributed by atoms with Crippen molar-refractivity contribution in [1.82, 2.24) is 0 Å². The van der Waals surface area contributed by atoms with Crippen molar-refractivity contribution in [2.45, 2.75) is 45.6 Å². The van der Waals surface area contributed by atoms with Crippen molar-refractivity contribution in [3.63, 3.8) is 0 Å². The first-order chi connectivity index (χ1) is 9.98. The van der Waals surface area contributed by atoms with Gasteiger partial charge in [-0.1, -0.05) is 31.6 Å². The molecule has 0 heterocycles. The van der Waals surface area contributed by atoms with Gasteiger partial charge in [-0.2, -0.15) is 0 Å². The number of rotatable bonds is 6. The van der Waals surface area contributed by atoms with Gasteiger partial charge >= 0.3 is 0 Å². The van der Waals surface area contributed by atoms with Crippen LogP contribution in [0.25, 0.3) is 0 Å². The molecule has 4 nitrogen and oxygen atoms in total. The zero-order valence-corrected chi connectivity index (χ0v) is 13.3. The number of benzene rings is 1. The average Bonchev–Trinajstić information content (AvgIpc) is 2.37. The second kappa shape index (κ2) is 6.43. The average molecular weight is 306 g/mol. The van der Waals surface area contributed by atoms with Crippen molar-refractivity contribution in [2.24, 2.45) is 11.1 Å². The van der Waals surface area contributed by atoms with Crippen LogP contribution in [0.5, 0.6) is 5.75 Å². The Labute approximate surface area is 131 Å². The molecule has 5 heteroatoms. The van der Waals surface area contributed by atoms with Crippen LogP contribution in [0.15, 0.2) is 24.3 Å². The first-order valence-electron chi connectivity index (χ1n) is 7.36. The van der Waals surface area contributed by atoms with E-state index in [1.807, 2.05) is 31.2 Å². The molecule has 3 N–H and O–H groups in total. The van der Waals surface area contributed by atoms with Crippen molar-refractivity contribution >= 4 is 28.8 Å². The van der Waals surface area contributed by atoms with Crippen LogP contribution in [0.4, 0.5) is 5.69 Å². The SMILES string of the molecule is CCC(C)Oc1cccc(NC(=O)C2(C(N)=S)CCC2)c1. The van der Waals surface area contributed by atoms with E-state index in [1.165, 1.54) is 0 Å². The molecule has 0 spiro atoms. The summed E-state index contributed by atoms with van der Waals surface area (Å²) in [4.78, 5) is 12.7. The first-order valence-corrected chi connectivity index (χ1v) is 7.77. The fraction of sp³-hybridized carbons (Fsp3) is 0.500. The predicted octanol–water partition coefficient (Wildman–Crippen LogP) is 3.26. The molecule has 1 aromatic rings. The van der Waals surface area contributed by atoms with E-state index >= 15 is 0 Å². The lowest BCUT2D eigenvalue weighted by Crippen LogP contribution is -2.50. The van der Waals surface area contributed by atoms with Gasteiger partial charge in [-0.25, -0.2) is 0 Å². The maximum atomic E-state index is 12.4. The predicted molar refractivity (Wildman–Crippen MR) is 88.5 cm³/mol. The Balaban J connectivity index is 2.07. The number of anilines is 1. The smallest absolute Gasteiger partial charge is 0.237 e. The number of hydrogen-bond donors (Lipinski definition) is 2. The zero-order chi connectivity index (χ0) is 15.5. The van der Waals surface area contributed by atoms with Crippen LogP contribution in [-0.2, 0) is 4.79 Å². The van der Waals surface area contributed by atoms with Gasteiger partial charge in [-0.15, -0.1) is 0 Å². The quantitative estimate of drug-likeness (QED) is 0.792. The third-order valence-corrected chi connectivity index (χ3v) is 4.51. The van der Waals surface area contributed by atoms with Gasteiger partial charge in [0.25, 0.3) is 0 Å². The molecule has 1 aromatic carbocycles. The second-order valence-corrected chi connectivity index (χ2v) is 6.06. The molecule has 0 aromatic heterocycles. The maximum Gasteiger partial charge on any atom is 0.237 e. The van der Waals surface area contributed by atoms with E-state index in [9.17, 15) is 4.79 Å². The number of amides is 1. The first kappa shape index (κ1) is 15.8. The highest BCUT2D eigenvalue weighted by molar-refractivity contribution is 7.80. The standard InChI is InChI=1S/C16H22N2O2S/c1-3-11(2)20-13-7-4-6-12(10-13)18-15(19)16(14(17)21)8-5-9-16/h4,6-7,10-11H,3,5,8-9H2,1-2H3,(H2,17,21)(H,18,19). The summed E-state index contributed by atoms with van der Waals surface area (Å²) in [7, 11) is 0. The molecule has 0 aliphatic heterocycles. The Bertz CT molecular complexity index is 541. The number of nitrogens with two attached hydrogens (primary N) is 1. The van der Waals surface area contributed by atoms with Gasteiger partial charge in [0.2, 0.25) is 5.91 Å². The summed E-state index contributed by atoms with van der Waals surface area (Å²) in [6.45, 7) is 4.08. The van der Waals surface area contributed by atoms with Crippen molar-refractivity contribution < 1.29 is 9.53 Å². The lowest BCUT2D eigenvalue weighted by Gasteiger charge is -2.39. The van der Waals surface area contributed by atoms with Crippen LogP contribution in [0, 0.1) is 5.41 Å². The van der Waals surface area contributed by atoms with Gasteiger partial charge in [-0.3, -0.25) is 4.79 Å². The minimum atomic E-state index is -0.664. The van der Waals surface area contributed by atoms with Gasteiger partial charge in [0.15, 0.2) is 0 Å². The van der Waals surface area contributed by atoms with Crippen molar-refractivity contribution in [3.8, 4) is 5.75 Å². The van der Waals surface area contributed by atoms with E-state index in [0.29, 0.717) is 10.7 Å². The summed E-state index contributed by atoms with van der Waals surface area (Å²) in [6.07, 6.45) is 3.53. The molecular weight excluding hydrogens is 284 g/mol. The van der Waals surface area contributed by atoms with E-state index in [-0.39, 0.29) is 12.0 Å². The van der Waals surface area contributed by atoms with E-state index in [1.54, 1.807) is 0 Å². The Morgan fingerprint density at radius 1 is 1.52 bits per heavy atom. The molecule has 1 aliphatic carbocycles. The summed E-state index contributed by atoms with van der Waals surface area (Å²) in [5.74, 6) is 0.641. The van der Waals surface area contributed by atoms with E-state index in [4.69, 9.17) is 22.7 Å². The second-order valence-electron chi connectivity index (χ2n) is 5.62. The van der Waals surface area contributed by atoms with E-state index in [0.717, 1.165) is 31.4 Å². The number of ether oxygens (including phenoxy) is 1. The van der Waals surface area contributed by atoms with Gasteiger partial charge in [-0.05, 0) is 38.3 Å². The number of nitrogens with one attached hydrogen (secondary N) is 1. The molecule has 21 heavy (non-hydrogen) atoms. The molecule has 1 saturated carbocycles. The third-order valence-electron chi connectivity index (χ3n) is 4.12. The van der Waals surface area contributed by atoms with Crippen molar-refractivity contribution in [1.29, 1.82) is 0 Å². The van der Waals surface area contributed by atoms with Crippen LogP contribution in [-0.4, -0.2) is 17.0 Å². The van der Waals surface area contributed by atoms with Crippen LogP contribution in [0.3, 0.4) is 0 Å². The summed E-state index contributed by atoms with van der Waals surface area (Å²) in [6, 6.07) is 7.42. The molecule has 0 saturated heterocycles. The molecule has 1 aliphatic rings. The molecule has 2 rings (SSSR count). The molecular formula is C16H22N2O2S. The fourth-order valence-electron chi connectivity index (χ4n) is 2.33. The molecule has 1 fully saturated rings. The summed E-state index contributed by atoms with van der Waals surface area (Å²) in [5.41, 5.74) is 5.79. The van der Waals surface area contributed by atoms with Crippen LogP contribution in [0.1, 0.15) is 39.5 Å². The minimum Gasteiger partial charge on any atom is -0.491 e. The number of thiocarbonyl (C=S) groups is 1. The van der Waals surface area contributed by atoms with Crippen molar-refractivity contribution in [2.75, 3.05) is 5.32 Å². The molecule has 0 radical (unpaired) electrons. The van der Waals surface area contributed by atoms with E-state index in [2.05, 4.69) is 12.2 Å². The highest BCUT2D eigenvalue weighted by atomic mass is 32.1. The number of hydrogen-bond acceptors (Lipinski definition) is 3. The maximum absolute atomic E-state index is 12.4. The van der Waals surface area contributed by atoms with Gasteiger partial charge < -0.3 is 15.8 Å². The van der Waals surface area contributed by atoms with E-state index < -0.39 is 5.41 Å². The number of carbonyl (C=O) groups is 1. The van der Waals surface area contributed by atoms with Gasteiger partial charge in [0, 0.05) is 11.8 Å². The van der Waals surface area contributed by atoms with Crippen LogP contribution < -0.4 is 15.8 Å². The fourth-order valence-corrected chi connectivity index (χ4v) is 2.63. The minimum absolute atomic E-state index is 0.109. The van der Waals surface area contributed by atoms with Crippen LogP contribution in [0.2, 0.25) is 0 Å². The summed E-state index contributed by atoms with van der Waals surface area (Å²) >= 11 is 5.06. The third kappa shape index (κ3) is 3.35. The zero-order valence-electron chi connectivity index (χ0n) is 12.5. The molecule has 0 bridgehead atoms. The van der Waals surface area contributed by atoms with Crippen LogP contribution >= 0.6 is 12.2 Å². The summed E-state index contributed by atoms with van der Waals surface area (Å²) < 4.78 is 5.76. The van der Waals surface area contributed by atoms with Crippen molar-refractivity contribution in [3.05, 3.63) is 24.3 Å². The highest BCUT2D eigenvalue weighted by Crippen LogP contribution is 2.42. The lowest BCUT2D eigenvalue weighted by atomic mass is 9.68. The molecule has 114 valence electrons. The Kier molecular flexibility index (Phi) is 4.83. The Morgan fingerprint density at radius 3 is 2.76 bits per heavy atom. The normalized spacial score (nSPS) is 17.4. The lowest BCUT2D eigenvalue weighted by molar-refractivity contribution is -0.125. The van der Waals surface area contributed by atoms with Gasteiger partial charge in [0.1, 0.15) is 5.75 Å². The summed E-state index contributed by atoms with van der Waals surface area (Å²) in [5, 5.41) is 2.91. The number of carbonyl (C=O) groups excluding carboxylic acids is 1. The molecule has 1 amide bonds. The van der Waals surface area contributed by atoms with Gasteiger partial charge in [0.05, 0.1) is 16.5 Å². The topological polar surface area (TPSA) is 64.3 Å². The monoisotopic (exact) mass is 306 g/mol. The Hall–Kier alpha value is -1.62. The Morgan fingerprint density at radius 2 is 2.24 bits per heavy atom. The molecule has 1 atom stereocenters. The highest BCUT2D eigenvalue weighted by Gasteiger charge is 2.46. The largest absolute Gasteiger partial charge is 0.491 e.